The molecule has 6 aliphatic rings. The third kappa shape index (κ3) is 23.7. The Balaban J connectivity index is 0.000000487. The molecule has 6 rings (SSSR count). The van der Waals surface area contributed by atoms with E-state index in [2.05, 4.69) is 62.0 Å². The number of aliphatic hydroxyl groups is 12. The first-order valence-corrected chi connectivity index (χ1v) is 28.3. The van der Waals surface area contributed by atoms with Crippen molar-refractivity contribution in [2.24, 2.45) is 35.5 Å². The number of alkyl halides is 9. The highest BCUT2D eigenvalue weighted by atomic mass is 79.9. The molecule has 0 amide bonds. The summed E-state index contributed by atoms with van der Waals surface area (Å²) in [6.07, 6.45) is -29.4. The molecule has 30 atom stereocenters. The van der Waals surface area contributed by atoms with Crippen LogP contribution in [-0.4, -0.2) is 263 Å². The third-order valence-electron chi connectivity index (χ3n) is 13.9. The lowest BCUT2D eigenvalue weighted by molar-refractivity contribution is -0.275. The van der Waals surface area contributed by atoms with Gasteiger partial charge in [-0.15, -0.1) is 0 Å². The minimum absolute atomic E-state index is 0.0182. The van der Waals surface area contributed by atoms with E-state index in [0.717, 1.165) is 0 Å². The molecule has 24 nitrogen and oxygen atoms in total. The van der Waals surface area contributed by atoms with Crippen molar-refractivity contribution in [2.45, 2.75) is 207 Å². The first-order valence-electron chi connectivity index (χ1n) is 25.6. The quantitative estimate of drug-likeness (QED) is 0.0631. The van der Waals surface area contributed by atoms with Crippen LogP contribution in [0.15, 0.2) is 0 Å². The van der Waals surface area contributed by atoms with Crippen LogP contribution in [0, 0.1) is 35.5 Å². The Hall–Kier alpha value is -1.29. The predicted molar refractivity (Wildman–Crippen MR) is 277 cm³/mol. The summed E-state index contributed by atoms with van der Waals surface area (Å²) < 4.78 is 124. The molecule has 33 heteroatoms. The molecular weight excluding hydrogens is 1310 g/mol. The predicted octanol–water partition coefficient (Wildman–Crippen LogP) is 0.106. The average molecular weight is 1400 g/mol. The van der Waals surface area contributed by atoms with Crippen LogP contribution >= 0.6 is 47.8 Å². The van der Waals surface area contributed by atoms with Crippen molar-refractivity contribution < 1.29 is 145 Å². The van der Waals surface area contributed by atoms with Crippen LogP contribution in [0.1, 0.15) is 62.3 Å². The maximum absolute atomic E-state index is 13.8. The Labute approximate surface area is 490 Å². The van der Waals surface area contributed by atoms with E-state index in [9.17, 15) is 40.7 Å². The molecule has 0 radical (unpaired) electrons. The second-order valence-corrected chi connectivity index (χ2v) is 22.7. The number of halogens is 9. The molecule has 0 aliphatic carbocycles. The molecule has 6 aliphatic heterocycles. The van der Waals surface area contributed by atoms with Gasteiger partial charge in [-0.05, 0) is 23.7 Å². The van der Waals surface area contributed by atoms with Gasteiger partial charge in [0.2, 0.25) is 0 Å². The van der Waals surface area contributed by atoms with Crippen LogP contribution in [0.2, 0.25) is 0 Å². The van der Waals surface area contributed by atoms with E-state index in [1.165, 1.54) is 20.8 Å². The highest BCUT2D eigenvalue weighted by Gasteiger charge is 2.47. The largest absolute Gasteiger partial charge is 0.463 e. The maximum Gasteiger partial charge on any atom is 0.302 e. The highest BCUT2D eigenvalue weighted by Crippen LogP contribution is 2.38. The molecule has 480 valence electrons. The molecule has 81 heavy (non-hydrogen) atoms. The monoisotopic (exact) mass is 1390 g/mol. The van der Waals surface area contributed by atoms with Gasteiger partial charge in [0, 0.05) is 32.6 Å². The number of rotatable bonds is 9. The summed E-state index contributed by atoms with van der Waals surface area (Å²) in [7, 11) is 0. The molecule has 6 fully saturated rings. The van der Waals surface area contributed by atoms with E-state index in [1.54, 1.807) is 13.8 Å². The lowest BCUT2D eigenvalue weighted by Crippen LogP contribution is -2.56. The van der Waals surface area contributed by atoms with E-state index < -0.39 is 155 Å². The zero-order chi connectivity index (χ0) is 62.7. The van der Waals surface area contributed by atoms with Crippen LogP contribution in [0.5, 0.6) is 0 Å². The van der Waals surface area contributed by atoms with Crippen molar-refractivity contribution in [2.75, 3.05) is 39.6 Å². The highest BCUT2D eigenvalue weighted by molar-refractivity contribution is 9.09. The van der Waals surface area contributed by atoms with Gasteiger partial charge in [0.15, 0.2) is 37.4 Å². The topological polar surface area (TPSA) is 377 Å². The smallest absolute Gasteiger partial charge is 0.302 e. The molecule has 0 saturated carbocycles. The van der Waals surface area contributed by atoms with Crippen molar-refractivity contribution in [1.29, 1.82) is 0 Å². The summed E-state index contributed by atoms with van der Waals surface area (Å²) in [5.41, 5.74) is 0. The zero-order valence-corrected chi connectivity index (χ0v) is 50.5. The molecule has 0 aromatic rings. The lowest BCUT2D eigenvalue weighted by Gasteiger charge is -2.38. The fourth-order valence-corrected chi connectivity index (χ4v) is 10.0. The molecule has 12 N–H and O–H groups in total. The van der Waals surface area contributed by atoms with Crippen LogP contribution in [-0.2, 0) is 57.0 Å². The summed E-state index contributed by atoms with van der Waals surface area (Å²) in [5.74, 6) is -1.64. The fourth-order valence-electron chi connectivity index (χ4n) is 7.93. The first kappa shape index (κ1) is 77.7. The normalized spacial score (nSPS) is 44.8. The third-order valence-corrected chi connectivity index (χ3v) is 17.1. The van der Waals surface area contributed by atoms with Gasteiger partial charge in [0.1, 0.15) is 121 Å². The number of hydrogen-bond donors (Lipinski definition) is 12. The van der Waals surface area contributed by atoms with Crippen LogP contribution in [0.4, 0.5) is 26.3 Å². The number of carbonyl (C=O) groups is 3. The number of aliphatic hydroxyl groups excluding tert-OH is 12. The Morgan fingerprint density at radius 3 is 0.975 bits per heavy atom. The molecule has 0 spiro atoms. The Bertz CT molecular complexity index is 1600. The van der Waals surface area contributed by atoms with Gasteiger partial charge in [0.05, 0.1) is 25.9 Å². The molecule has 0 bridgehead atoms. The minimum atomic E-state index is -1.99. The number of carbonyl (C=O) groups excluding carboxylic acids is 3. The van der Waals surface area contributed by atoms with E-state index in [1.807, 2.05) is 27.7 Å². The number of ether oxygens (including phenoxy) is 9. The van der Waals surface area contributed by atoms with Gasteiger partial charge < -0.3 is 104 Å². The number of hydrogen-bond acceptors (Lipinski definition) is 24. The number of esters is 3. The van der Waals surface area contributed by atoms with Crippen molar-refractivity contribution >= 4 is 65.7 Å². The van der Waals surface area contributed by atoms with Gasteiger partial charge in [-0.3, -0.25) is 14.4 Å². The van der Waals surface area contributed by atoms with Crippen LogP contribution in [0.25, 0.3) is 0 Å². The second kappa shape index (κ2) is 37.4. The molecule has 6 saturated heterocycles. The molecule has 30 unspecified atom stereocenters. The Morgan fingerprint density at radius 2 is 0.642 bits per heavy atom. The van der Waals surface area contributed by atoms with E-state index in [0.29, 0.717) is 0 Å². The minimum Gasteiger partial charge on any atom is -0.463 e. The van der Waals surface area contributed by atoms with Crippen LogP contribution < -0.4 is 0 Å². The first-order chi connectivity index (χ1) is 37.5. The van der Waals surface area contributed by atoms with Gasteiger partial charge in [-0.2, -0.15) is 0 Å². The summed E-state index contributed by atoms with van der Waals surface area (Å²) in [6, 6.07) is 0. The van der Waals surface area contributed by atoms with E-state index in [-0.39, 0.29) is 82.4 Å². The molecular formula is C48H81Br3F6O24. The summed E-state index contributed by atoms with van der Waals surface area (Å²) in [4.78, 5) is 31.9. The van der Waals surface area contributed by atoms with Crippen molar-refractivity contribution in [3.63, 3.8) is 0 Å². The Kier molecular flexibility index (Phi) is 35.9. The van der Waals surface area contributed by atoms with Gasteiger partial charge in [-0.25, -0.2) is 26.3 Å². The maximum atomic E-state index is 13.8. The average Bonchev–Trinajstić information content (AvgIpc) is 3.48. The van der Waals surface area contributed by atoms with Crippen molar-refractivity contribution in [3.05, 3.63) is 0 Å². The van der Waals surface area contributed by atoms with Gasteiger partial charge >= 0.3 is 17.9 Å². The summed E-state index contributed by atoms with van der Waals surface area (Å²) in [6.45, 7) is 13.2. The van der Waals surface area contributed by atoms with Gasteiger partial charge in [0.25, 0.3) is 0 Å². The standard InChI is InChI=1S/3C10H16BrFO3.3C6H11FO5/c1-5-8(4-14-7(3)13)15-10(11)6(2)9(5)12;2*1-5-6(2)10(11)15-8(9(5)12)4-14-7(3)13;7-3-4(9)2(1-8)12-6(11)5(3)10;2*7-3-2(1-8)12-6(11)5(10)4(3)9/h3*5-6,8-10H,4H2,1-3H3;3*2-6,8-11H,1H2. The van der Waals surface area contributed by atoms with Crippen molar-refractivity contribution in [3.8, 4) is 0 Å². The van der Waals surface area contributed by atoms with E-state index >= 15 is 0 Å². The Morgan fingerprint density at radius 1 is 0.346 bits per heavy atom. The summed E-state index contributed by atoms with van der Waals surface area (Å²) in [5, 5.41) is 105. The fraction of sp³-hybridized carbons (Fsp3) is 0.938. The van der Waals surface area contributed by atoms with Crippen LogP contribution in [0.3, 0.4) is 0 Å². The van der Waals surface area contributed by atoms with Crippen molar-refractivity contribution in [1.82, 2.24) is 0 Å². The zero-order valence-electron chi connectivity index (χ0n) is 45.7. The molecule has 0 aromatic heterocycles. The van der Waals surface area contributed by atoms with Gasteiger partial charge in [-0.1, -0.05) is 89.3 Å². The van der Waals surface area contributed by atoms with E-state index in [4.69, 9.17) is 89.7 Å². The SMILES string of the molecule is CC(=O)OCC1OC(Br)C(C)C(C)C1F.CC(=O)OCC1OC(Br)C(C)C(C)C1F.CC(=O)OCC1OC(Br)C(C)C(F)C1C.OCC1OC(O)C(O)C(F)C1O.OCC1OC(O)C(O)C(O)C1F.OCC1OC(O)C(O)C(O)C1F. The molecule has 0 aromatic carbocycles. The molecule has 6 heterocycles. The lowest BCUT2D eigenvalue weighted by atomic mass is 9.87. The summed E-state index contributed by atoms with van der Waals surface area (Å²) >= 11 is 9.95. The second-order valence-electron chi connectivity index (χ2n) is 20.0.